The van der Waals surface area contributed by atoms with E-state index in [9.17, 15) is 4.79 Å². The Morgan fingerprint density at radius 1 is 1.31 bits per heavy atom. The SMILES string of the molecule is COC(C)C(C)NC1CCC(C(N)=O)CC1. The minimum Gasteiger partial charge on any atom is -0.380 e. The molecule has 0 aliphatic heterocycles. The van der Waals surface area contributed by atoms with Gasteiger partial charge < -0.3 is 15.8 Å². The van der Waals surface area contributed by atoms with Crippen LogP contribution in [0.5, 0.6) is 0 Å². The summed E-state index contributed by atoms with van der Waals surface area (Å²) in [6.45, 7) is 4.20. The number of rotatable bonds is 5. The van der Waals surface area contributed by atoms with Gasteiger partial charge in [0.05, 0.1) is 6.10 Å². The number of amides is 1. The van der Waals surface area contributed by atoms with Crippen LogP contribution in [0.3, 0.4) is 0 Å². The van der Waals surface area contributed by atoms with Crippen LogP contribution in [-0.2, 0) is 9.53 Å². The van der Waals surface area contributed by atoms with Crippen LogP contribution in [-0.4, -0.2) is 31.2 Å². The van der Waals surface area contributed by atoms with Crippen molar-refractivity contribution in [3.63, 3.8) is 0 Å². The molecule has 16 heavy (non-hydrogen) atoms. The molecular formula is C12H24N2O2. The van der Waals surface area contributed by atoms with Crippen LogP contribution in [0.4, 0.5) is 0 Å². The molecule has 3 N–H and O–H groups in total. The standard InChI is InChI=1S/C12H24N2O2/c1-8(9(2)16-3)14-11-6-4-10(5-7-11)12(13)15/h8-11,14H,4-7H2,1-3H3,(H2,13,15). The summed E-state index contributed by atoms with van der Waals surface area (Å²) in [5.41, 5.74) is 5.30. The summed E-state index contributed by atoms with van der Waals surface area (Å²) in [6.07, 6.45) is 4.12. The van der Waals surface area contributed by atoms with Gasteiger partial charge in [-0.2, -0.15) is 0 Å². The van der Waals surface area contributed by atoms with Gasteiger partial charge in [-0.3, -0.25) is 4.79 Å². The molecule has 4 heteroatoms. The fourth-order valence-electron chi connectivity index (χ4n) is 2.26. The van der Waals surface area contributed by atoms with Crippen LogP contribution in [0.25, 0.3) is 0 Å². The van der Waals surface area contributed by atoms with E-state index in [2.05, 4.69) is 19.2 Å². The molecule has 1 saturated carbocycles. The fraction of sp³-hybridized carbons (Fsp3) is 0.917. The maximum atomic E-state index is 11.0. The molecule has 0 spiro atoms. The molecule has 1 amide bonds. The van der Waals surface area contributed by atoms with Gasteiger partial charge in [-0.15, -0.1) is 0 Å². The van der Waals surface area contributed by atoms with E-state index in [1.54, 1.807) is 7.11 Å². The van der Waals surface area contributed by atoms with Crippen LogP contribution in [0.15, 0.2) is 0 Å². The summed E-state index contributed by atoms with van der Waals surface area (Å²) in [5, 5.41) is 3.55. The summed E-state index contributed by atoms with van der Waals surface area (Å²) >= 11 is 0. The van der Waals surface area contributed by atoms with Crippen molar-refractivity contribution in [3.05, 3.63) is 0 Å². The first-order chi connectivity index (χ1) is 7.54. The molecule has 0 aromatic carbocycles. The van der Waals surface area contributed by atoms with E-state index < -0.39 is 0 Å². The predicted molar refractivity (Wildman–Crippen MR) is 64.0 cm³/mol. The first kappa shape index (κ1) is 13.5. The summed E-state index contributed by atoms with van der Waals surface area (Å²) in [5.74, 6) is -0.0510. The number of hydrogen-bond acceptors (Lipinski definition) is 3. The Morgan fingerprint density at radius 3 is 2.31 bits per heavy atom. The zero-order valence-electron chi connectivity index (χ0n) is 10.5. The second-order valence-electron chi connectivity index (χ2n) is 4.85. The number of carbonyl (C=O) groups is 1. The Hall–Kier alpha value is -0.610. The Kier molecular flexibility index (Phi) is 5.22. The van der Waals surface area contributed by atoms with E-state index in [1.807, 2.05) is 0 Å². The van der Waals surface area contributed by atoms with Gasteiger partial charge >= 0.3 is 0 Å². The van der Waals surface area contributed by atoms with E-state index in [1.165, 1.54) is 0 Å². The first-order valence-electron chi connectivity index (χ1n) is 6.12. The summed E-state index contributed by atoms with van der Waals surface area (Å²) in [6, 6.07) is 0.850. The molecule has 0 heterocycles. The van der Waals surface area contributed by atoms with Crippen LogP contribution in [0.2, 0.25) is 0 Å². The predicted octanol–water partition coefficient (Wildman–Crippen LogP) is 1.04. The molecule has 1 aliphatic rings. The normalized spacial score (nSPS) is 29.7. The topological polar surface area (TPSA) is 64.3 Å². The van der Waals surface area contributed by atoms with Crippen molar-refractivity contribution in [1.29, 1.82) is 0 Å². The van der Waals surface area contributed by atoms with Gasteiger partial charge in [0.1, 0.15) is 0 Å². The van der Waals surface area contributed by atoms with Gasteiger partial charge in [0.15, 0.2) is 0 Å². The van der Waals surface area contributed by atoms with E-state index in [0.29, 0.717) is 12.1 Å². The minimum absolute atomic E-state index is 0.0909. The van der Waals surface area contributed by atoms with Crippen molar-refractivity contribution in [2.45, 2.75) is 57.7 Å². The second-order valence-corrected chi connectivity index (χ2v) is 4.85. The van der Waals surface area contributed by atoms with Crippen LogP contribution >= 0.6 is 0 Å². The van der Waals surface area contributed by atoms with Gasteiger partial charge in [-0.25, -0.2) is 0 Å². The minimum atomic E-state index is -0.142. The third kappa shape index (κ3) is 3.76. The molecule has 1 rings (SSSR count). The van der Waals surface area contributed by atoms with Crippen molar-refractivity contribution < 1.29 is 9.53 Å². The quantitative estimate of drug-likeness (QED) is 0.739. The number of hydrogen-bond donors (Lipinski definition) is 2. The molecule has 1 fully saturated rings. The molecule has 0 aromatic rings. The Bertz CT molecular complexity index is 225. The molecule has 0 bridgehead atoms. The highest BCUT2D eigenvalue weighted by Crippen LogP contribution is 2.24. The maximum Gasteiger partial charge on any atom is 0.220 e. The monoisotopic (exact) mass is 228 g/mol. The number of methoxy groups -OCH3 is 1. The molecule has 1 aliphatic carbocycles. The van der Waals surface area contributed by atoms with Crippen LogP contribution in [0, 0.1) is 5.92 Å². The summed E-state index contributed by atoms with van der Waals surface area (Å²) < 4.78 is 5.28. The molecule has 0 radical (unpaired) electrons. The number of nitrogens with one attached hydrogen (secondary N) is 1. The highest BCUT2D eigenvalue weighted by atomic mass is 16.5. The van der Waals surface area contributed by atoms with Crippen molar-refractivity contribution in [2.24, 2.45) is 11.7 Å². The summed E-state index contributed by atoms with van der Waals surface area (Å²) in [7, 11) is 1.73. The smallest absolute Gasteiger partial charge is 0.220 e. The number of ether oxygens (including phenoxy) is 1. The van der Waals surface area contributed by atoms with Crippen LogP contribution < -0.4 is 11.1 Å². The largest absolute Gasteiger partial charge is 0.380 e. The second kappa shape index (κ2) is 6.21. The van der Waals surface area contributed by atoms with Gasteiger partial charge in [0.2, 0.25) is 5.91 Å². The molecule has 2 atom stereocenters. The number of nitrogens with two attached hydrogens (primary N) is 1. The van der Waals surface area contributed by atoms with Gasteiger partial charge in [0.25, 0.3) is 0 Å². The van der Waals surface area contributed by atoms with Crippen molar-refractivity contribution >= 4 is 5.91 Å². The van der Waals surface area contributed by atoms with E-state index in [4.69, 9.17) is 10.5 Å². The average Bonchev–Trinajstić information content (AvgIpc) is 2.28. The zero-order chi connectivity index (χ0) is 12.1. The molecular weight excluding hydrogens is 204 g/mol. The van der Waals surface area contributed by atoms with Crippen molar-refractivity contribution in [1.82, 2.24) is 5.32 Å². The molecule has 4 nitrogen and oxygen atoms in total. The lowest BCUT2D eigenvalue weighted by Crippen LogP contribution is -2.45. The number of primary amides is 1. The molecule has 2 unspecified atom stereocenters. The Balaban J connectivity index is 2.29. The lowest BCUT2D eigenvalue weighted by Gasteiger charge is -2.31. The average molecular weight is 228 g/mol. The molecule has 0 aromatic heterocycles. The van der Waals surface area contributed by atoms with E-state index >= 15 is 0 Å². The fourth-order valence-corrected chi connectivity index (χ4v) is 2.26. The van der Waals surface area contributed by atoms with Crippen LogP contribution in [0.1, 0.15) is 39.5 Å². The summed E-state index contributed by atoms with van der Waals surface area (Å²) in [4.78, 5) is 11.0. The lowest BCUT2D eigenvalue weighted by atomic mass is 9.85. The van der Waals surface area contributed by atoms with Crippen molar-refractivity contribution in [3.8, 4) is 0 Å². The Morgan fingerprint density at radius 2 is 1.88 bits per heavy atom. The third-order valence-electron chi connectivity index (χ3n) is 3.70. The van der Waals surface area contributed by atoms with Gasteiger partial charge in [0, 0.05) is 25.1 Å². The van der Waals surface area contributed by atoms with E-state index in [-0.39, 0.29) is 17.9 Å². The highest BCUT2D eigenvalue weighted by molar-refractivity contribution is 5.76. The zero-order valence-corrected chi connectivity index (χ0v) is 10.5. The van der Waals surface area contributed by atoms with Gasteiger partial charge in [-0.05, 0) is 39.5 Å². The van der Waals surface area contributed by atoms with E-state index in [0.717, 1.165) is 25.7 Å². The third-order valence-corrected chi connectivity index (χ3v) is 3.70. The van der Waals surface area contributed by atoms with Crippen molar-refractivity contribution in [2.75, 3.05) is 7.11 Å². The first-order valence-corrected chi connectivity index (χ1v) is 6.12. The maximum absolute atomic E-state index is 11.0. The molecule has 94 valence electrons. The Labute approximate surface area is 97.9 Å². The van der Waals surface area contributed by atoms with Gasteiger partial charge in [-0.1, -0.05) is 0 Å². The highest BCUT2D eigenvalue weighted by Gasteiger charge is 2.26. The number of carbonyl (C=O) groups excluding carboxylic acids is 1. The molecule has 0 saturated heterocycles. The lowest BCUT2D eigenvalue weighted by molar-refractivity contribution is -0.122.